The quantitative estimate of drug-likeness (QED) is 0.446. The Hall–Kier alpha value is -0.250. The summed E-state index contributed by atoms with van der Waals surface area (Å²) in [6, 6.07) is 3.05. The first-order chi connectivity index (χ1) is 6.00. The second-order valence-electron chi connectivity index (χ2n) is 2.29. The zero-order valence-corrected chi connectivity index (χ0v) is 9.70. The molecule has 0 fully saturated rings. The Morgan fingerprint density at radius 1 is 1.38 bits per heavy atom. The Morgan fingerprint density at radius 2 is 2.00 bits per heavy atom. The third kappa shape index (κ3) is 2.86. The minimum absolute atomic E-state index is 0.297. The number of ether oxygens (including phenoxy) is 1. The first kappa shape index (κ1) is 10.8. The van der Waals surface area contributed by atoms with Gasteiger partial charge >= 0.3 is 5.97 Å². The highest BCUT2D eigenvalue weighted by Crippen LogP contribution is 2.33. The Balaban J connectivity index is 3.08. The number of esters is 1. The Labute approximate surface area is 93.9 Å². The Bertz CT molecular complexity index is 352. The molecule has 2 nitrogen and oxygen atoms in total. The molecule has 1 rings (SSSR count). The summed E-state index contributed by atoms with van der Waals surface area (Å²) in [5.74, 6) is -0.124. The van der Waals surface area contributed by atoms with Gasteiger partial charge in [-0.25, -0.2) is 0 Å². The normalized spacial score (nSPS) is 9.85. The van der Waals surface area contributed by atoms with Crippen LogP contribution < -0.4 is 4.74 Å². The van der Waals surface area contributed by atoms with Crippen LogP contribution in [-0.4, -0.2) is 5.97 Å². The SMILES string of the molecule is CC(=O)Oc1cc(Br)c(Cl)cc1Cl. The Kier molecular flexibility index (Phi) is 3.59. The highest BCUT2D eigenvalue weighted by atomic mass is 79.9. The largest absolute Gasteiger partial charge is 0.425 e. The number of halogens is 3. The first-order valence-corrected chi connectivity index (χ1v) is 4.88. The number of hydrogen-bond acceptors (Lipinski definition) is 2. The molecule has 0 amide bonds. The van der Waals surface area contributed by atoms with Crippen LogP contribution in [-0.2, 0) is 4.79 Å². The Morgan fingerprint density at radius 3 is 2.54 bits per heavy atom. The average molecular weight is 284 g/mol. The molecule has 0 aliphatic heterocycles. The third-order valence-corrected chi connectivity index (χ3v) is 2.72. The van der Waals surface area contributed by atoms with Crippen molar-refractivity contribution in [2.24, 2.45) is 0 Å². The molecule has 5 heteroatoms. The van der Waals surface area contributed by atoms with Gasteiger partial charge in [0, 0.05) is 11.4 Å². The summed E-state index contributed by atoms with van der Waals surface area (Å²) in [4.78, 5) is 10.6. The first-order valence-electron chi connectivity index (χ1n) is 3.33. The summed E-state index contributed by atoms with van der Waals surface area (Å²) in [5, 5.41) is 0.782. The van der Waals surface area contributed by atoms with Crippen molar-refractivity contribution in [2.45, 2.75) is 6.92 Å². The van der Waals surface area contributed by atoms with Crippen molar-refractivity contribution in [3.63, 3.8) is 0 Å². The van der Waals surface area contributed by atoms with E-state index in [-0.39, 0.29) is 0 Å². The molecule has 0 aliphatic carbocycles. The van der Waals surface area contributed by atoms with Crippen molar-refractivity contribution >= 4 is 45.1 Å². The molecule has 1 aromatic carbocycles. The van der Waals surface area contributed by atoms with E-state index in [0.29, 0.717) is 20.3 Å². The summed E-state index contributed by atoms with van der Waals surface area (Å²) in [6.07, 6.45) is 0. The maximum absolute atomic E-state index is 10.6. The van der Waals surface area contributed by atoms with Crippen LogP contribution in [0.4, 0.5) is 0 Å². The number of carbonyl (C=O) groups excluding carboxylic acids is 1. The van der Waals surface area contributed by atoms with Crippen LogP contribution in [0.15, 0.2) is 16.6 Å². The molecule has 0 heterocycles. The van der Waals surface area contributed by atoms with Gasteiger partial charge in [-0.1, -0.05) is 23.2 Å². The summed E-state index contributed by atoms with van der Waals surface area (Å²) < 4.78 is 5.46. The van der Waals surface area contributed by atoms with Gasteiger partial charge in [-0.2, -0.15) is 0 Å². The number of carbonyl (C=O) groups is 1. The van der Waals surface area contributed by atoms with Gasteiger partial charge in [0.1, 0.15) is 0 Å². The fourth-order valence-corrected chi connectivity index (χ4v) is 1.48. The van der Waals surface area contributed by atoms with Gasteiger partial charge in [0.2, 0.25) is 0 Å². The molecule has 1 aromatic rings. The molecular formula is C8H5BrCl2O2. The van der Waals surface area contributed by atoms with Crippen LogP contribution in [0.3, 0.4) is 0 Å². The zero-order chi connectivity index (χ0) is 10.0. The minimum atomic E-state index is -0.420. The van der Waals surface area contributed by atoms with Gasteiger partial charge in [-0.3, -0.25) is 4.79 Å². The zero-order valence-electron chi connectivity index (χ0n) is 6.61. The minimum Gasteiger partial charge on any atom is -0.425 e. The van der Waals surface area contributed by atoms with Crippen molar-refractivity contribution in [1.29, 1.82) is 0 Å². The van der Waals surface area contributed by atoms with E-state index in [1.807, 2.05) is 0 Å². The van der Waals surface area contributed by atoms with Crippen LogP contribution >= 0.6 is 39.1 Å². The van der Waals surface area contributed by atoms with Crippen molar-refractivity contribution in [3.05, 3.63) is 26.7 Å². The molecule has 0 aliphatic rings. The smallest absolute Gasteiger partial charge is 0.308 e. The molecule has 0 unspecified atom stereocenters. The van der Waals surface area contributed by atoms with Crippen molar-refractivity contribution in [1.82, 2.24) is 0 Å². The maximum Gasteiger partial charge on any atom is 0.308 e. The molecule has 0 N–H and O–H groups in total. The second kappa shape index (κ2) is 4.31. The van der Waals surface area contributed by atoms with Gasteiger partial charge in [-0.15, -0.1) is 0 Å². The van der Waals surface area contributed by atoms with Crippen molar-refractivity contribution in [2.75, 3.05) is 0 Å². The van der Waals surface area contributed by atoms with Crippen molar-refractivity contribution in [3.8, 4) is 5.75 Å². The predicted molar refractivity (Wildman–Crippen MR) is 55.5 cm³/mol. The molecule has 0 spiro atoms. The lowest BCUT2D eigenvalue weighted by Gasteiger charge is -2.05. The van der Waals surface area contributed by atoms with Gasteiger partial charge in [0.25, 0.3) is 0 Å². The van der Waals surface area contributed by atoms with Crippen LogP contribution in [0.1, 0.15) is 6.92 Å². The van der Waals surface area contributed by atoms with Gasteiger partial charge in [0.05, 0.1) is 10.0 Å². The topological polar surface area (TPSA) is 26.3 Å². The van der Waals surface area contributed by atoms with Crippen LogP contribution in [0.5, 0.6) is 5.75 Å². The van der Waals surface area contributed by atoms with E-state index in [0.717, 1.165) is 0 Å². The number of rotatable bonds is 1. The second-order valence-corrected chi connectivity index (χ2v) is 3.96. The van der Waals surface area contributed by atoms with Gasteiger partial charge in [-0.05, 0) is 28.1 Å². The highest BCUT2D eigenvalue weighted by molar-refractivity contribution is 9.10. The molecule has 13 heavy (non-hydrogen) atoms. The van der Waals surface area contributed by atoms with Crippen LogP contribution in [0, 0.1) is 0 Å². The summed E-state index contributed by atoms with van der Waals surface area (Å²) >= 11 is 14.7. The molecule has 0 saturated carbocycles. The van der Waals surface area contributed by atoms with Crippen LogP contribution in [0.2, 0.25) is 10.0 Å². The summed E-state index contributed by atoms with van der Waals surface area (Å²) in [6.45, 7) is 1.30. The van der Waals surface area contributed by atoms with E-state index >= 15 is 0 Å². The lowest BCUT2D eigenvalue weighted by atomic mass is 10.3. The van der Waals surface area contributed by atoms with E-state index in [9.17, 15) is 4.79 Å². The molecule has 0 atom stereocenters. The average Bonchev–Trinajstić information content (AvgIpc) is 1.99. The van der Waals surface area contributed by atoms with E-state index in [2.05, 4.69) is 15.9 Å². The molecular weight excluding hydrogens is 279 g/mol. The van der Waals surface area contributed by atoms with Crippen LogP contribution in [0.25, 0.3) is 0 Å². The van der Waals surface area contributed by atoms with E-state index < -0.39 is 5.97 Å². The monoisotopic (exact) mass is 282 g/mol. The highest BCUT2D eigenvalue weighted by Gasteiger charge is 2.08. The van der Waals surface area contributed by atoms with E-state index in [1.54, 1.807) is 6.07 Å². The molecule has 0 bridgehead atoms. The van der Waals surface area contributed by atoms with E-state index in [4.69, 9.17) is 27.9 Å². The molecule has 0 aromatic heterocycles. The summed E-state index contributed by atoms with van der Waals surface area (Å²) in [7, 11) is 0. The van der Waals surface area contributed by atoms with Gasteiger partial charge in [0.15, 0.2) is 5.75 Å². The fourth-order valence-electron chi connectivity index (χ4n) is 0.737. The maximum atomic E-state index is 10.6. The molecule has 0 saturated heterocycles. The lowest BCUT2D eigenvalue weighted by Crippen LogP contribution is -2.01. The fraction of sp³-hybridized carbons (Fsp3) is 0.125. The third-order valence-electron chi connectivity index (χ3n) is 1.23. The van der Waals surface area contributed by atoms with Crippen molar-refractivity contribution < 1.29 is 9.53 Å². The van der Waals surface area contributed by atoms with E-state index in [1.165, 1.54) is 13.0 Å². The van der Waals surface area contributed by atoms with Gasteiger partial charge < -0.3 is 4.74 Å². The molecule has 0 radical (unpaired) electrons. The standard InChI is InChI=1S/C8H5BrCl2O2/c1-4(12)13-8-2-5(9)6(10)3-7(8)11/h2-3H,1H3. The number of hydrogen-bond donors (Lipinski definition) is 0. The summed E-state index contributed by atoms with van der Waals surface area (Å²) in [5.41, 5.74) is 0. The molecule has 70 valence electrons. The lowest BCUT2D eigenvalue weighted by molar-refractivity contribution is -0.131. The number of benzene rings is 1. The predicted octanol–water partition coefficient (Wildman–Crippen LogP) is 3.68.